The molecule has 0 radical (unpaired) electrons. The third-order valence-corrected chi connectivity index (χ3v) is 7.38. The maximum Gasteiger partial charge on any atom is 0.0779 e. The Balaban J connectivity index is 0.00000225. The van der Waals surface area contributed by atoms with Gasteiger partial charge >= 0.3 is 0 Å². The lowest BCUT2D eigenvalue weighted by Crippen LogP contribution is -2.21. The normalized spacial score (nSPS) is 15.4. The van der Waals surface area contributed by atoms with E-state index < -0.39 is 0 Å². The van der Waals surface area contributed by atoms with Crippen LogP contribution >= 0.6 is 58.7 Å². The molecule has 2 nitrogen and oxygen atoms in total. The molecular formula is C21H20Cl3NOS2. The number of ether oxygens (including phenoxy) is 1. The van der Waals surface area contributed by atoms with Crippen LogP contribution in [0.4, 0.5) is 0 Å². The van der Waals surface area contributed by atoms with Gasteiger partial charge in [0.15, 0.2) is 0 Å². The quantitative estimate of drug-likeness (QED) is 0.553. The third-order valence-electron chi connectivity index (χ3n) is 4.38. The van der Waals surface area contributed by atoms with Gasteiger partial charge in [-0.05, 0) is 44.0 Å². The Morgan fingerprint density at radius 1 is 1.07 bits per heavy atom. The zero-order chi connectivity index (χ0) is 19.0. The zero-order valence-electron chi connectivity index (χ0n) is 15.5. The van der Waals surface area contributed by atoms with E-state index in [1.807, 2.05) is 12.1 Å². The van der Waals surface area contributed by atoms with Crippen LogP contribution in [0.2, 0.25) is 10.0 Å². The van der Waals surface area contributed by atoms with Gasteiger partial charge in [0, 0.05) is 36.2 Å². The highest BCUT2D eigenvalue weighted by molar-refractivity contribution is 8.11. The molecule has 1 aromatic carbocycles. The maximum absolute atomic E-state index is 6.32. The van der Waals surface area contributed by atoms with Crippen molar-refractivity contribution >= 4 is 79.8 Å². The van der Waals surface area contributed by atoms with Crippen molar-refractivity contribution in [3.8, 4) is 0 Å². The van der Waals surface area contributed by atoms with Crippen LogP contribution in [0.1, 0.15) is 0 Å². The predicted octanol–water partition coefficient (Wildman–Crippen LogP) is 5.22. The zero-order valence-corrected chi connectivity index (χ0v) is 19.5. The number of allylic oxidation sites excluding steroid dienone is 4. The lowest BCUT2D eigenvalue weighted by molar-refractivity contribution is 0.140. The SMILES string of the molecule is CN(C)CCOCC1=CC=C2C=CC=c3sc4cc(Cl)c(Cl)cc4c3=C2S1.Cl. The van der Waals surface area contributed by atoms with Crippen molar-refractivity contribution < 1.29 is 4.74 Å². The molecule has 0 saturated carbocycles. The minimum absolute atomic E-state index is 0. The lowest BCUT2D eigenvalue weighted by atomic mass is 10.1. The van der Waals surface area contributed by atoms with E-state index in [0.717, 1.165) is 23.2 Å². The van der Waals surface area contributed by atoms with E-state index in [4.69, 9.17) is 27.9 Å². The van der Waals surface area contributed by atoms with E-state index in [-0.39, 0.29) is 12.4 Å². The summed E-state index contributed by atoms with van der Waals surface area (Å²) in [5.41, 5.74) is 1.22. The molecular weight excluding hydrogens is 453 g/mol. The van der Waals surface area contributed by atoms with Crippen molar-refractivity contribution in [2.75, 3.05) is 33.9 Å². The fourth-order valence-corrected chi connectivity index (χ4v) is 5.73. The number of nitrogens with zero attached hydrogens (tertiary/aromatic N) is 1. The van der Waals surface area contributed by atoms with Gasteiger partial charge in [-0.2, -0.15) is 0 Å². The van der Waals surface area contributed by atoms with E-state index >= 15 is 0 Å². The molecule has 0 fully saturated rings. The van der Waals surface area contributed by atoms with Crippen molar-refractivity contribution in [3.05, 3.63) is 66.7 Å². The molecule has 0 amide bonds. The number of thioether (sulfide) groups is 1. The molecule has 2 aliphatic rings. The third kappa shape index (κ3) is 4.54. The van der Waals surface area contributed by atoms with Crippen molar-refractivity contribution in [2.45, 2.75) is 0 Å². The Bertz CT molecular complexity index is 1110. The first kappa shape index (κ1) is 22.0. The summed E-state index contributed by atoms with van der Waals surface area (Å²) in [7, 11) is 4.11. The summed E-state index contributed by atoms with van der Waals surface area (Å²) in [6.45, 7) is 2.28. The molecule has 28 heavy (non-hydrogen) atoms. The minimum atomic E-state index is 0. The fourth-order valence-electron chi connectivity index (χ4n) is 3.01. The largest absolute Gasteiger partial charge is 0.375 e. The summed E-state index contributed by atoms with van der Waals surface area (Å²) < 4.78 is 8.25. The van der Waals surface area contributed by atoms with Crippen LogP contribution in [-0.2, 0) is 4.74 Å². The molecule has 0 bridgehead atoms. The molecule has 2 aromatic rings. The van der Waals surface area contributed by atoms with Gasteiger partial charge in [-0.3, -0.25) is 0 Å². The smallest absolute Gasteiger partial charge is 0.0779 e. The maximum atomic E-state index is 6.32. The van der Waals surface area contributed by atoms with E-state index in [1.54, 1.807) is 23.1 Å². The van der Waals surface area contributed by atoms with E-state index in [9.17, 15) is 0 Å². The Hall–Kier alpha value is -0.720. The number of rotatable bonds is 5. The number of thiophene rings is 1. The lowest BCUT2D eigenvalue weighted by Gasteiger charge is -2.16. The number of likely N-dealkylation sites (N-methyl/N-ethyl adjacent to an activating group) is 1. The van der Waals surface area contributed by atoms with E-state index in [1.165, 1.54) is 25.1 Å². The molecule has 4 rings (SSSR count). The predicted molar refractivity (Wildman–Crippen MR) is 128 cm³/mol. The Labute approximate surface area is 189 Å². The Kier molecular flexibility index (Phi) is 7.37. The molecule has 7 heteroatoms. The first-order valence-electron chi connectivity index (χ1n) is 8.65. The first-order valence-corrected chi connectivity index (χ1v) is 11.0. The second kappa shape index (κ2) is 9.40. The van der Waals surface area contributed by atoms with Crippen molar-refractivity contribution in [3.63, 3.8) is 0 Å². The second-order valence-corrected chi connectivity index (χ2v) is 9.71. The second-order valence-electron chi connectivity index (χ2n) is 6.67. The van der Waals surface area contributed by atoms with Gasteiger partial charge in [0.25, 0.3) is 0 Å². The van der Waals surface area contributed by atoms with Crippen LogP contribution in [-0.4, -0.2) is 38.8 Å². The van der Waals surface area contributed by atoms with Crippen LogP contribution < -0.4 is 9.75 Å². The van der Waals surface area contributed by atoms with Gasteiger partial charge in [-0.1, -0.05) is 53.2 Å². The summed E-state index contributed by atoms with van der Waals surface area (Å²) in [6.07, 6.45) is 10.8. The molecule has 0 spiro atoms. The molecule has 2 heterocycles. The van der Waals surface area contributed by atoms with Crippen molar-refractivity contribution in [1.29, 1.82) is 0 Å². The van der Waals surface area contributed by atoms with Crippen LogP contribution in [0.5, 0.6) is 0 Å². The van der Waals surface area contributed by atoms with Crippen molar-refractivity contribution in [2.24, 2.45) is 0 Å². The highest BCUT2D eigenvalue weighted by Crippen LogP contribution is 2.38. The molecule has 0 atom stereocenters. The molecule has 148 valence electrons. The topological polar surface area (TPSA) is 12.5 Å². The first-order chi connectivity index (χ1) is 13.0. The summed E-state index contributed by atoms with van der Waals surface area (Å²) in [5, 5.41) is 3.60. The number of hydrogen-bond acceptors (Lipinski definition) is 4. The summed E-state index contributed by atoms with van der Waals surface area (Å²) >= 11 is 16.1. The number of benzene rings is 1. The van der Waals surface area contributed by atoms with Gasteiger partial charge in [0.05, 0.1) is 23.3 Å². The van der Waals surface area contributed by atoms with Crippen LogP contribution in [0.25, 0.3) is 21.1 Å². The monoisotopic (exact) mass is 471 g/mol. The average Bonchev–Trinajstić information content (AvgIpc) is 2.86. The summed E-state index contributed by atoms with van der Waals surface area (Å²) in [4.78, 5) is 4.60. The number of hydrogen-bond donors (Lipinski definition) is 0. The average molecular weight is 473 g/mol. The highest BCUT2D eigenvalue weighted by Gasteiger charge is 2.17. The number of halogens is 3. The molecule has 1 aromatic heterocycles. The minimum Gasteiger partial charge on any atom is -0.375 e. The molecule has 0 unspecified atom stereocenters. The van der Waals surface area contributed by atoms with E-state index in [0.29, 0.717) is 16.7 Å². The summed E-state index contributed by atoms with van der Waals surface area (Å²) in [5.74, 6) is 0. The van der Waals surface area contributed by atoms with Gasteiger partial charge in [-0.15, -0.1) is 23.7 Å². The standard InChI is InChI=1S/C21H19Cl2NOS2.ClH/c1-24(2)8-9-25-12-14-7-6-13-4-3-5-18-20(21(13)26-14)15-10-16(22)17(23)11-19(15)27-18;/h3-7,10-11H,8-9,12H2,1-2H3;1H. The number of fused-ring (bicyclic) bond motifs is 4. The van der Waals surface area contributed by atoms with Gasteiger partial charge < -0.3 is 9.64 Å². The van der Waals surface area contributed by atoms with E-state index in [2.05, 4.69) is 49.4 Å². The Morgan fingerprint density at radius 3 is 2.64 bits per heavy atom. The molecule has 0 saturated heterocycles. The molecule has 1 aliphatic heterocycles. The molecule has 1 aliphatic carbocycles. The fraction of sp³-hybridized carbons (Fsp3) is 0.238. The van der Waals surface area contributed by atoms with Gasteiger partial charge in [-0.25, -0.2) is 0 Å². The van der Waals surface area contributed by atoms with Gasteiger partial charge in [0.1, 0.15) is 0 Å². The summed E-state index contributed by atoms with van der Waals surface area (Å²) in [6, 6.07) is 3.96. The molecule has 0 N–H and O–H groups in total. The van der Waals surface area contributed by atoms with Crippen LogP contribution in [0.15, 0.2) is 46.9 Å². The van der Waals surface area contributed by atoms with Crippen molar-refractivity contribution in [1.82, 2.24) is 4.90 Å². The highest BCUT2D eigenvalue weighted by atomic mass is 35.5. The van der Waals surface area contributed by atoms with Crippen LogP contribution in [0.3, 0.4) is 0 Å². The van der Waals surface area contributed by atoms with Crippen LogP contribution in [0, 0.1) is 0 Å². The van der Waals surface area contributed by atoms with Gasteiger partial charge in [0.2, 0.25) is 0 Å². The Morgan fingerprint density at radius 2 is 1.86 bits per heavy atom.